The molecule has 0 aliphatic rings. The van der Waals surface area contributed by atoms with Gasteiger partial charge in [-0.1, -0.05) is 6.92 Å². The number of nitrogens with one attached hydrogen (secondary N) is 1. The molecule has 1 heterocycles. The molecule has 0 saturated heterocycles. The second-order valence-corrected chi connectivity index (χ2v) is 4.17. The number of rotatable bonds is 7. The van der Waals surface area contributed by atoms with Crippen molar-refractivity contribution in [1.29, 1.82) is 0 Å². The van der Waals surface area contributed by atoms with Gasteiger partial charge in [-0.25, -0.2) is 9.78 Å². The van der Waals surface area contributed by atoms with Crippen molar-refractivity contribution in [2.75, 3.05) is 19.0 Å². The van der Waals surface area contributed by atoms with Gasteiger partial charge in [-0.3, -0.25) is 0 Å². The standard InChI is InChI=1S/C10H16N2O3S/c1-3-7-6-16-10(11-7)12-8(9(13)14)4-5-15-2/h6,8H,3-5H2,1-2H3,(H,11,12)(H,13,14). The Hall–Kier alpha value is -1.14. The first-order valence-electron chi connectivity index (χ1n) is 5.10. The first-order valence-corrected chi connectivity index (χ1v) is 5.98. The number of aromatic nitrogens is 1. The SMILES string of the molecule is CCc1csc(NC(CCOC)C(=O)O)n1. The summed E-state index contributed by atoms with van der Waals surface area (Å²) < 4.78 is 4.87. The van der Waals surface area contributed by atoms with Gasteiger partial charge in [0.25, 0.3) is 0 Å². The molecule has 16 heavy (non-hydrogen) atoms. The minimum absolute atomic E-state index is 0.413. The monoisotopic (exact) mass is 244 g/mol. The molecule has 0 bridgehead atoms. The summed E-state index contributed by atoms with van der Waals surface area (Å²) in [4.78, 5) is 15.2. The molecule has 6 heteroatoms. The van der Waals surface area contributed by atoms with Crippen LogP contribution in [0.3, 0.4) is 0 Å². The summed E-state index contributed by atoms with van der Waals surface area (Å²) in [5.41, 5.74) is 0.975. The first kappa shape index (κ1) is 12.9. The van der Waals surface area contributed by atoms with Crippen molar-refractivity contribution in [1.82, 2.24) is 4.98 Å². The van der Waals surface area contributed by atoms with Gasteiger partial charge < -0.3 is 15.2 Å². The van der Waals surface area contributed by atoms with Crippen LogP contribution in [0.4, 0.5) is 5.13 Å². The van der Waals surface area contributed by atoms with E-state index in [1.54, 1.807) is 7.11 Å². The number of ether oxygens (including phenoxy) is 1. The third-order valence-corrected chi connectivity index (χ3v) is 2.94. The van der Waals surface area contributed by atoms with Crippen LogP contribution in [0.2, 0.25) is 0 Å². The van der Waals surface area contributed by atoms with Crippen molar-refractivity contribution >= 4 is 22.4 Å². The highest BCUT2D eigenvalue weighted by molar-refractivity contribution is 7.13. The van der Waals surface area contributed by atoms with Crippen LogP contribution in [0.5, 0.6) is 0 Å². The van der Waals surface area contributed by atoms with Crippen molar-refractivity contribution in [3.63, 3.8) is 0 Å². The van der Waals surface area contributed by atoms with Gasteiger partial charge >= 0.3 is 5.97 Å². The normalized spacial score (nSPS) is 12.4. The zero-order chi connectivity index (χ0) is 12.0. The third-order valence-electron chi connectivity index (χ3n) is 2.12. The van der Waals surface area contributed by atoms with E-state index in [0.29, 0.717) is 18.2 Å². The van der Waals surface area contributed by atoms with E-state index in [1.165, 1.54) is 11.3 Å². The number of anilines is 1. The highest BCUT2D eigenvalue weighted by atomic mass is 32.1. The van der Waals surface area contributed by atoms with Gasteiger partial charge in [-0.05, 0) is 6.42 Å². The fourth-order valence-corrected chi connectivity index (χ4v) is 2.03. The van der Waals surface area contributed by atoms with E-state index in [4.69, 9.17) is 9.84 Å². The summed E-state index contributed by atoms with van der Waals surface area (Å²) in [6.45, 7) is 2.43. The van der Waals surface area contributed by atoms with Crippen LogP contribution >= 0.6 is 11.3 Å². The second-order valence-electron chi connectivity index (χ2n) is 3.31. The Morgan fingerprint density at radius 1 is 1.75 bits per heavy atom. The van der Waals surface area contributed by atoms with E-state index in [1.807, 2.05) is 12.3 Å². The topological polar surface area (TPSA) is 71.5 Å². The molecule has 0 saturated carbocycles. The van der Waals surface area contributed by atoms with Crippen molar-refractivity contribution in [3.05, 3.63) is 11.1 Å². The predicted octanol–water partition coefficient (Wildman–Crippen LogP) is 1.61. The molecular formula is C10H16N2O3S. The Morgan fingerprint density at radius 2 is 2.50 bits per heavy atom. The van der Waals surface area contributed by atoms with Gasteiger partial charge in [0.2, 0.25) is 0 Å². The molecule has 0 aliphatic carbocycles. The quantitative estimate of drug-likeness (QED) is 0.762. The molecule has 0 aromatic carbocycles. The number of nitrogens with zero attached hydrogens (tertiary/aromatic N) is 1. The molecule has 1 rings (SSSR count). The summed E-state index contributed by atoms with van der Waals surface area (Å²) in [7, 11) is 1.55. The fraction of sp³-hybridized carbons (Fsp3) is 0.600. The van der Waals surface area contributed by atoms with Crippen LogP contribution < -0.4 is 5.32 Å². The van der Waals surface area contributed by atoms with Gasteiger partial charge in [0.05, 0.1) is 5.69 Å². The molecule has 0 aliphatic heterocycles. The van der Waals surface area contributed by atoms with E-state index in [2.05, 4.69) is 10.3 Å². The van der Waals surface area contributed by atoms with E-state index >= 15 is 0 Å². The minimum atomic E-state index is -0.884. The molecular weight excluding hydrogens is 228 g/mol. The number of aliphatic carboxylic acids is 1. The maximum absolute atomic E-state index is 10.9. The Kier molecular flexibility index (Phi) is 5.21. The van der Waals surface area contributed by atoms with Gasteiger partial charge in [-0.15, -0.1) is 11.3 Å². The summed E-state index contributed by atoms with van der Waals surface area (Å²) in [6, 6.07) is -0.643. The van der Waals surface area contributed by atoms with Crippen LogP contribution in [0.25, 0.3) is 0 Å². The van der Waals surface area contributed by atoms with Crippen LogP contribution in [0.1, 0.15) is 19.0 Å². The van der Waals surface area contributed by atoms with Crippen LogP contribution in [-0.4, -0.2) is 35.8 Å². The third kappa shape index (κ3) is 3.79. The average Bonchev–Trinajstić information content (AvgIpc) is 2.71. The summed E-state index contributed by atoms with van der Waals surface area (Å²) in [5, 5.41) is 14.5. The van der Waals surface area contributed by atoms with Gasteiger partial charge in [-0.2, -0.15) is 0 Å². The number of aryl methyl sites for hydroxylation is 1. The number of carboxylic acids is 1. The molecule has 0 spiro atoms. The number of carboxylic acid groups (broad SMARTS) is 1. The van der Waals surface area contributed by atoms with Gasteiger partial charge in [0.15, 0.2) is 5.13 Å². The van der Waals surface area contributed by atoms with Crippen LogP contribution in [0.15, 0.2) is 5.38 Å². The molecule has 90 valence electrons. The number of hydrogen-bond donors (Lipinski definition) is 2. The molecule has 0 amide bonds. The zero-order valence-corrected chi connectivity index (χ0v) is 10.2. The van der Waals surface area contributed by atoms with E-state index in [9.17, 15) is 4.79 Å². The Labute approximate surface area is 98.5 Å². The summed E-state index contributed by atoms with van der Waals surface area (Å²) >= 11 is 1.43. The molecule has 0 fully saturated rings. The van der Waals surface area contributed by atoms with Crippen LogP contribution in [0, 0.1) is 0 Å². The molecule has 0 radical (unpaired) electrons. The Bertz CT molecular complexity index is 341. The van der Waals surface area contributed by atoms with Crippen molar-refractivity contribution in [2.24, 2.45) is 0 Å². The number of thiazole rings is 1. The van der Waals surface area contributed by atoms with Crippen LogP contribution in [-0.2, 0) is 16.0 Å². The summed E-state index contributed by atoms with van der Waals surface area (Å²) in [6.07, 6.45) is 1.28. The lowest BCUT2D eigenvalue weighted by molar-refractivity contribution is -0.138. The number of methoxy groups -OCH3 is 1. The average molecular weight is 244 g/mol. The maximum atomic E-state index is 10.9. The predicted molar refractivity (Wildman–Crippen MR) is 63.0 cm³/mol. The molecule has 1 atom stereocenters. The highest BCUT2D eigenvalue weighted by Crippen LogP contribution is 2.17. The zero-order valence-electron chi connectivity index (χ0n) is 9.40. The van der Waals surface area contributed by atoms with E-state index in [-0.39, 0.29) is 0 Å². The lowest BCUT2D eigenvalue weighted by Gasteiger charge is -2.12. The molecule has 1 aromatic heterocycles. The molecule has 1 aromatic rings. The van der Waals surface area contributed by atoms with Crippen molar-refractivity contribution in [3.8, 4) is 0 Å². The lowest BCUT2D eigenvalue weighted by atomic mass is 10.2. The maximum Gasteiger partial charge on any atom is 0.326 e. The molecule has 1 unspecified atom stereocenters. The van der Waals surface area contributed by atoms with Gasteiger partial charge in [0.1, 0.15) is 6.04 Å². The molecule has 5 nitrogen and oxygen atoms in total. The molecule has 2 N–H and O–H groups in total. The van der Waals surface area contributed by atoms with Crippen molar-refractivity contribution in [2.45, 2.75) is 25.8 Å². The first-order chi connectivity index (χ1) is 7.67. The van der Waals surface area contributed by atoms with Crippen molar-refractivity contribution < 1.29 is 14.6 Å². The Balaban J connectivity index is 2.56. The fourth-order valence-electron chi connectivity index (χ4n) is 1.18. The largest absolute Gasteiger partial charge is 0.480 e. The Morgan fingerprint density at radius 3 is 3.00 bits per heavy atom. The van der Waals surface area contributed by atoms with E-state index < -0.39 is 12.0 Å². The lowest BCUT2D eigenvalue weighted by Crippen LogP contribution is -2.30. The highest BCUT2D eigenvalue weighted by Gasteiger charge is 2.17. The number of carbonyl (C=O) groups is 1. The van der Waals surface area contributed by atoms with E-state index in [0.717, 1.165) is 12.1 Å². The van der Waals surface area contributed by atoms with Gasteiger partial charge in [0, 0.05) is 25.5 Å². The number of hydrogen-bond acceptors (Lipinski definition) is 5. The smallest absolute Gasteiger partial charge is 0.326 e. The second kappa shape index (κ2) is 6.44. The minimum Gasteiger partial charge on any atom is -0.480 e. The summed E-state index contributed by atoms with van der Waals surface area (Å²) in [5.74, 6) is -0.884.